The van der Waals surface area contributed by atoms with Crippen LogP contribution in [0, 0.1) is 27.7 Å². The second-order valence-electron chi connectivity index (χ2n) is 7.85. The Hall–Kier alpha value is -2.83. The summed E-state index contributed by atoms with van der Waals surface area (Å²) in [7, 11) is -3.79. The number of hydrogen-bond acceptors (Lipinski definition) is 3. The van der Waals surface area contributed by atoms with E-state index in [1.54, 1.807) is 12.1 Å². The summed E-state index contributed by atoms with van der Waals surface area (Å²) >= 11 is 5.91. The molecule has 1 N–H and O–H groups in total. The van der Waals surface area contributed by atoms with Gasteiger partial charge < -0.3 is 4.57 Å². The molecule has 0 saturated heterocycles. The highest BCUT2D eigenvalue weighted by Crippen LogP contribution is 2.32. The molecule has 1 aromatic heterocycles. The number of anilines is 1. The van der Waals surface area contributed by atoms with Gasteiger partial charge in [-0.05, 0) is 74.7 Å². The molecule has 0 aliphatic heterocycles. The average Bonchev–Trinajstić information content (AvgIpc) is 3.01. The maximum atomic E-state index is 13.1. The Morgan fingerprint density at radius 3 is 2.39 bits per heavy atom. The largest absolute Gasteiger partial charge is 0.324 e. The van der Waals surface area contributed by atoms with Gasteiger partial charge in [-0.2, -0.15) is 0 Å². The van der Waals surface area contributed by atoms with Crippen molar-refractivity contribution in [2.24, 2.45) is 0 Å². The van der Waals surface area contributed by atoms with Gasteiger partial charge in [0.05, 0.1) is 16.1 Å². The van der Waals surface area contributed by atoms with Gasteiger partial charge in [0.15, 0.2) is 0 Å². The molecule has 4 aromatic rings. The molecular formula is C24H24ClN3O2S. The predicted octanol–water partition coefficient (Wildman–Crippen LogP) is 5.77. The van der Waals surface area contributed by atoms with Crippen LogP contribution >= 0.6 is 11.6 Å². The summed E-state index contributed by atoms with van der Waals surface area (Å²) in [6.45, 7) is 8.56. The van der Waals surface area contributed by atoms with Crippen molar-refractivity contribution in [1.29, 1.82) is 0 Å². The van der Waals surface area contributed by atoms with E-state index in [9.17, 15) is 8.42 Å². The lowest BCUT2D eigenvalue weighted by atomic mass is 10.1. The first kappa shape index (κ1) is 21.4. The van der Waals surface area contributed by atoms with Crippen LogP contribution in [0.1, 0.15) is 28.1 Å². The molecule has 0 radical (unpaired) electrons. The van der Waals surface area contributed by atoms with Gasteiger partial charge in [0, 0.05) is 11.6 Å². The third-order valence-corrected chi connectivity index (χ3v) is 7.16. The van der Waals surface area contributed by atoms with E-state index in [1.807, 2.05) is 26.8 Å². The van der Waals surface area contributed by atoms with Crippen molar-refractivity contribution in [1.82, 2.24) is 9.55 Å². The smallest absolute Gasteiger partial charge is 0.261 e. The fraction of sp³-hybridized carbons (Fsp3) is 0.208. The minimum atomic E-state index is -3.79. The summed E-state index contributed by atoms with van der Waals surface area (Å²) in [6, 6.07) is 16.5. The fourth-order valence-corrected chi connectivity index (χ4v) is 4.98. The fourth-order valence-electron chi connectivity index (χ4n) is 3.72. The van der Waals surface area contributed by atoms with Crippen LogP contribution < -0.4 is 4.72 Å². The lowest BCUT2D eigenvalue weighted by Gasteiger charge is -2.14. The number of halogens is 1. The summed E-state index contributed by atoms with van der Waals surface area (Å²) in [5.41, 5.74) is 6.27. The van der Waals surface area contributed by atoms with Gasteiger partial charge in [0.2, 0.25) is 0 Å². The summed E-state index contributed by atoms with van der Waals surface area (Å²) in [6.07, 6.45) is 0. The van der Waals surface area contributed by atoms with Crippen LogP contribution in [0.2, 0.25) is 5.02 Å². The Kier molecular flexibility index (Phi) is 5.54. The van der Waals surface area contributed by atoms with E-state index in [-0.39, 0.29) is 4.90 Å². The molecular weight excluding hydrogens is 430 g/mol. The number of aryl methyl sites for hydroxylation is 3. The van der Waals surface area contributed by atoms with Crippen LogP contribution in [0.25, 0.3) is 11.0 Å². The molecule has 0 fully saturated rings. The molecule has 160 valence electrons. The summed E-state index contributed by atoms with van der Waals surface area (Å²) in [5, 5.41) is 0.485. The molecule has 31 heavy (non-hydrogen) atoms. The van der Waals surface area contributed by atoms with E-state index in [0.717, 1.165) is 22.5 Å². The molecule has 5 nitrogen and oxygen atoms in total. The Bertz CT molecular complexity index is 1390. The number of nitrogens with zero attached hydrogens (tertiary/aromatic N) is 2. The second-order valence-corrected chi connectivity index (χ2v) is 9.97. The van der Waals surface area contributed by atoms with E-state index < -0.39 is 10.0 Å². The van der Waals surface area contributed by atoms with Crippen LogP contribution in [0.5, 0.6) is 0 Å². The number of fused-ring (bicyclic) bond motifs is 1. The van der Waals surface area contributed by atoms with Crippen LogP contribution in [0.4, 0.5) is 5.69 Å². The lowest BCUT2D eigenvalue weighted by Crippen LogP contribution is -2.14. The Morgan fingerprint density at radius 1 is 1.00 bits per heavy atom. The van der Waals surface area contributed by atoms with Crippen molar-refractivity contribution in [3.63, 3.8) is 0 Å². The lowest BCUT2D eigenvalue weighted by molar-refractivity contribution is 0.601. The minimum absolute atomic E-state index is 0.155. The third kappa shape index (κ3) is 4.18. The summed E-state index contributed by atoms with van der Waals surface area (Å²) < 4.78 is 31.0. The average molecular weight is 454 g/mol. The van der Waals surface area contributed by atoms with Crippen molar-refractivity contribution in [2.45, 2.75) is 39.1 Å². The topological polar surface area (TPSA) is 64.0 Å². The molecule has 1 heterocycles. The second kappa shape index (κ2) is 8.02. The molecule has 0 bridgehead atoms. The van der Waals surface area contributed by atoms with E-state index in [0.29, 0.717) is 22.8 Å². The number of benzene rings is 3. The first-order chi connectivity index (χ1) is 14.7. The highest BCUT2D eigenvalue weighted by molar-refractivity contribution is 7.92. The van der Waals surface area contributed by atoms with Gasteiger partial charge in [0.25, 0.3) is 10.0 Å². The Morgan fingerprint density at radius 2 is 1.71 bits per heavy atom. The van der Waals surface area contributed by atoms with Crippen LogP contribution in [-0.2, 0) is 16.6 Å². The van der Waals surface area contributed by atoms with Crippen molar-refractivity contribution in [2.75, 3.05) is 4.72 Å². The zero-order valence-corrected chi connectivity index (χ0v) is 19.5. The van der Waals surface area contributed by atoms with Crippen LogP contribution in [0.3, 0.4) is 0 Å². The molecule has 7 heteroatoms. The molecule has 0 spiro atoms. The normalized spacial score (nSPS) is 11.8. The first-order valence-electron chi connectivity index (χ1n) is 9.96. The van der Waals surface area contributed by atoms with E-state index in [1.165, 1.54) is 23.3 Å². The number of sulfonamides is 1. The number of aromatic nitrogens is 2. The molecule has 0 aliphatic carbocycles. The van der Waals surface area contributed by atoms with Gasteiger partial charge in [-0.1, -0.05) is 41.4 Å². The van der Waals surface area contributed by atoms with Gasteiger partial charge in [-0.15, -0.1) is 0 Å². The van der Waals surface area contributed by atoms with Crippen LogP contribution in [0.15, 0.2) is 59.5 Å². The Labute approximate surface area is 187 Å². The quantitative estimate of drug-likeness (QED) is 0.417. The van der Waals surface area contributed by atoms with Gasteiger partial charge in [0.1, 0.15) is 11.3 Å². The predicted molar refractivity (Wildman–Crippen MR) is 126 cm³/mol. The Balaban J connectivity index is 1.82. The van der Waals surface area contributed by atoms with E-state index in [2.05, 4.69) is 40.5 Å². The minimum Gasteiger partial charge on any atom is -0.324 e. The van der Waals surface area contributed by atoms with Gasteiger partial charge in [-0.25, -0.2) is 13.4 Å². The van der Waals surface area contributed by atoms with Crippen molar-refractivity contribution >= 4 is 38.3 Å². The SMILES string of the molecule is Cc1cccc(Cn2c(C)nc3c(NS(=O)(=O)c4ccc(Cl)cc4)c(C)c(C)cc32)c1. The maximum Gasteiger partial charge on any atom is 0.261 e. The van der Waals surface area contributed by atoms with Gasteiger partial charge in [-0.3, -0.25) is 4.72 Å². The van der Waals surface area contributed by atoms with Gasteiger partial charge >= 0.3 is 0 Å². The maximum absolute atomic E-state index is 13.1. The molecule has 3 aromatic carbocycles. The molecule has 0 unspecified atom stereocenters. The monoisotopic (exact) mass is 453 g/mol. The standard InChI is InChI=1S/C24H24ClN3O2S/c1-15-6-5-7-19(12-15)14-28-18(4)26-24-22(28)13-16(2)17(3)23(24)27-31(29,30)21-10-8-20(25)9-11-21/h5-13,27H,14H2,1-4H3. The number of imidazole rings is 1. The molecule has 4 rings (SSSR count). The summed E-state index contributed by atoms with van der Waals surface area (Å²) in [4.78, 5) is 4.89. The highest BCUT2D eigenvalue weighted by Gasteiger charge is 2.21. The zero-order valence-electron chi connectivity index (χ0n) is 17.9. The molecule has 0 saturated carbocycles. The first-order valence-corrected chi connectivity index (χ1v) is 11.8. The number of rotatable bonds is 5. The van der Waals surface area contributed by atoms with E-state index >= 15 is 0 Å². The van der Waals surface area contributed by atoms with Crippen molar-refractivity contribution in [3.8, 4) is 0 Å². The molecule has 0 amide bonds. The van der Waals surface area contributed by atoms with Crippen molar-refractivity contribution < 1.29 is 8.42 Å². The zero-order chi connectivity index (χ0) is 22.3. The van der Waals surface area contributed by atoms with Crippen molar-refractivity contribution in [3.05, 3.63) is 87.7 Å². The highest BCUT2D eigenvalue weighted by atomic mass is 35.5. The number of hydrogen-bond donors (Lipinski definition) is 1. The third-order valence-electron chi connectivity index (χ3n) is 5.54. The van der Waals surface area contributed by atoms with E-state index in [4.69, 9.17) is 16.6 Å². The molecule has 0 atom stereocenters. The summed E-state index contributed by atoms with van der Waals surface area (Å²) in [5.74, 6) is 0.827. The molecule has 0 aliphatic rings. The van der Waals surface area contributed by atoms with Crippen LogP contribution in [-0.4, -0.2) is 18.0 Å². The number of nitrogens with one attached hydrogen (secondary N) is 1.